The molecule has 0 bridgehead atoms. The van der Waals surface area contributed by atoms with E-state index in [1.54, 1.807) is 13.3 Å². The Kier molecular flexibility index (Phi) is 4.89. The van der Waals surface area contributed by atoms with E-state index in [4.69, 9.17) is 4.74 Å². The van der Waals surface area contributed by atoms with E-state index in [0.29, 0.717) is 6.54 Å². The number of rotatable bonds is 5. The van der Waals surface area contributed by atoms with E-state index in [2.05, 4.69) is 10.3 Å². The Morgan fingerprint density at radius 3 is 2.68 bits per heavy atom. The van der Waals surface area contributed by atoms with E-state index < -0.39 is 11.6 Å². The van der Waals surface area contributed by atoms with Crippen LogP contribution in [-0.2, 0) is 6.54 Å². The number of halogens is 2. The molecule has 0 aliphatic carbocycles. The maximum absolute atomic E-state index is 13.9. The molecule has 0 unspecified atom stereocenters. The molecule has 140 valence electrons. The molecular weight excluding hydrogens is 358 g/mol. The Labute approximate surface area is 161 Å². The number of hydrogen-bond acceptors (Lipinski definition) is 3. The van der Waals surface area contributed by atoms with Crippen LogP contribution in [0.3, 0.4) is 0 Å². The van der Waals surface area contributed by atoms with Crippen molar-refractivity contribution in [2.75, 3.05) is 12.4 Å². The van der Waals surface area contributed by atoms with E-state index in [1.165, 1.54) is 12.1 Å². The van der Waals surface area contributed by atoms with Gasteiger partial charge in [0.15, 0.2) is 0 Å². The third-order valence-corrected chi connectivity index (χ3v) is 4.63. The van der Waals surface area contributed by atoms with Gasteiger partial charge in [0.1, 0.15) is 17.4 Å². The molecule has 4 rings (SSSR count). The van der Waals surface area contributed by atoms with Crippen LogP contribution in [0.2, 0.25) is 0 Å². The van der Waals surface area contributed by atoms with Gasteiger partial charge >= 0.3 is 0 Å². The summed E-state index contributed by atoms with van der Waals surface area (Å²) in [5.41, 5.74) is 4.08. The Balaban J connectivity index is 1.71. The largest absolute Gasteiger partial charge is 0.497 e. The number of nitrogens with zero attached hydrogens (tertiary/aromatic N) is 1. The number of nitrogens with one attached hydrogen (secondary N) is 1. The smallest absolute Gasteiger partial charge is 0.149 e. The van der Waals surface area contributed by atoms with Gasteiger partial charge in [0.05, 0.1) is 18.3 Å². The number of ether oxygens (including phenoxy) is 1. The van der Waals surface area contributed by atoms with Crippen LogP contribution in [0.1, 0.15) is 5.56 Å². The lowest BCUT2D eigenvalue weighted by atomic mass is 9.97. The lowest BCUT2D eigenvalue weighted by Crippen LogP contribution is -2.03. The summed E-state index contributed by atoms with van der Waals surface area (Å²) in [5, 5.41) is 4.02. The van der Waals surface area contributed by atoms with Gasteiger partial charge < -0.3 is 10.1 Å². The first-order valence-electron chi connectivity index (χ1n) is 8.85. The highest BCUT2D eigenvalue weighted by Gasteiger charge is 2.10. The van der Waals surface area contributed by atoms with Crippen LogP contribution in [0, 0.1) is 11.6 Å². The highest BCUT2D eigenvalue weighted by molar-refractivity contribution is 5.96. The maximum Gasteiger partial charge on any atom is 0.149 e. The minimum absolute atomic E-state index is 0.252. The van der Waals surface area contributed by atoms with Gasteiger partial charge in [-0.2, -0.15) is 0 Å². The zero-order valence-corrected chi connectivity index (χ0v) is 15.2. The number of benzene rings is 3. The Hall–Kier alpha value is -3.47. The molecule has 1 aromatic heterocycles. The zero-order chi connectivity index (χ0) is 19.5. The summed E-state index contributed by atoms with van der Waals surface area (Å²) < 4.78 is 32.3. The molecule has 3 nitrogen and oxygen atoms in total. The van der Waals surface area contributed by atoms with Crippen molar-refractivity contribution in [3.05, 3.63) is 90.1 Å². The number of fused-ring (bicyclic) bond motifs is 1. The van der Waals surface area contributed by atoms with Gasteiger partial charge in [0.25, 0.3) is 0 Å². The summed E-state index contributed by atoms with van der Waals surface area (Å²) in [6.07, 6.45) is 1.74. The lowest BCUT2D eigenvalue weighted by Gasteiger charge is -2.13. The molecule has 0 spiro atoms. The highest BCUT2D eigenvalue weighted by atomic mass is 19.1. The zero-order valence-electron chi connectivity index (χ0n) is 15.2. The van der Waals surface area contributed by atoms with Gasteiger partial charge in [-0.3, -0.25) is 4.98 Å². The number of methoxy groups -OCH3 is 1. The maximum atomic E-state index is 13.9. The number of hydrogen-bond donors (Lipinski definition) is 1. The Morgan fingerprint density at radius 2 is 1.86 bits per heavy atom. The second-order valence-corrected chi connectivity index (χ2v) is 6.38. The van der Waals surface area contributed by atoms with Gasteiger partial charge in [-0.05, 0) is 47.0 Å². The lowest BCUT2D eigenvalue weighted by molar-refractivity contribution is 0.415. The fraction of sp³-hybridized carbons (Fsp3) is 0.0870. The van der Waals surface area contributed by atoms with Gasteiger partial charge in [0, 0.05) is 24.2 Å². The van der Waals surface area contributed by atoms with Crippen LogP contribution in [0.4, 0.5) is 14.5 Å². The van der Waals surface area contributed by atoms with E-state index in [-0.39, 0.29) is 5.69 Å². The first-order chi connectivity index (χ1) is 13.7. The molecule has 0 saturated heterocycles. The van der Waals surface area contributed by atoms with Crippen LogP contribution >= 0.6 is 0 Å². The summed E-state index contributed by atoms with van der Waals surface area (Å²) in [4.78, 5) is 4.53. The van der Waals surface area contributed by atoms with E-state index in [0.717, 1.165) is 39.4 Å². The first-order valence-corrected chi connectivity index (χ1v) is 8.85. The third-order valence-electron chi connectivity index (χ3n) is 4.63. The molecule has 0 amide bonds. The van der Waals surface area contributed by atoms with E-state index in [1.807, 2.05) is 48.5 Å². The minimum atomic E-state index is -0.620. The van der Waals surface area contributed by atoms with Crippen molar-refractivity contribution >= 4 is 16.6 Å². The van der Waals surface area contributed by atoms with Gasteiger partial charge in [0.2, 0.25) is 0 Å². The molecule has 5 heteroatoms. The van der Waals surface area contributed by atoms with Crippen molar-refractivity contribution in [2.24, 2.45) is 0 Å². The SMILES string of the molecule is COc1cccc(-c2ccc(CNc3ccc(F)cc3F)c3ncccc23)c1. The highest BCUT2D eigenvalue weighted by Crippen LogP contribution is 2.32. The average molecular weight is 376 g/mol. The topological polar surface area (TPSA) is 34.1 Å². The fourth-order valence-corrected chi connectivity index (χ4v) is 3.24. The van der Waals surface area contributed by atoms with Crippen molar-refractivity contribution in [1.29, 1.82) is 0 Å². The van der Waals surface area contributed by atoms with Crippen LogP contribution in [0.15, 0.2) is 72.9 Å². The number of aromatic nitrogens is 1. The summed E-state index contributed by atoms with van der Waals surface area (Å²) in [5.74, 6) is -0.435. The molecule has 0 fully saturated rings. The molecule has 0 radical (unpaired) electrons. The van der Waals surface area contributed by atoms with Crippen molar-refractivity contribution < 1.29 is 13.5 Å². The third kappa shape index (κ3) is 3.51. The molecule has 28 heavy (non-hydrogen) atoms. The number of pyridine rings is 1. The minimum Gasteiger partial charge on any atom is -0.497 e. The molecule has 4 aromatic rings. The Morgan fingerprint density at radius 1 is 0.964 bits per heavy atom. The summed E-state index contributed by atoms with van der Waals surface area (Å²) in [6.45, 7) is 0.370. The molecule has 0 atom stereocenters. The molecule has 3 aromatic carbocycles. The normalized spacial score (nSPS) is 10.8. The fourth-order valence-electron chi connectivity index (χ4n) is 3.24. The van der Waals surface area contributed by atoms with Crippen molar-refractivity contribution in [1.82, 2.24) is 4.98 Å². The summed E-state index contributed by atoms with van der Waals surface area (Å²) in [6, 6.07) is 19.2. The summed E-state index contributed by atoms with van der Waals surface area (Å²) >= 11 is 0. The van der Waals surface area contributed by atoms with E-state index in [9.17, 15) is 8.78 Å². The molecule has 0 aliphatic heterocycles. The van der Waals surface area contributed by atoms with Crippen molar-refractivity contribution in [3.8, 4) is 16.9 Å². The van der Waals surface area contributed by atoms with Crippen LogP contribution in [0.25, 0.3) is 22.0 Å². The predicted molar refractivity (Wildman–Crippen MR) is 107 cm³/mol. The predicted octanol–water partition coefficient (Wildman–Crippen LogP) is 5.80. The van der Waals surface area contributed by atoms with Crippen LogP contribution in [0.5, 0.6) is 5.75 Å². The average Bonchev–Trinajstić information content (AvgIpc) is 2.73. The van der Waals surface area contributed by atoms with Crippen molar-refractivity contribution in [2.45, 2.75) is 6.54 Å². The molecule has 1 N–H and O–H groups in total. The van der Waals surface area contributed by atoms with E-state index >= 15 is 0 Å². The second-order valence-electron chi connectivity index (χ2n) is 6.38. The van der Waals surface area contributed by atoms with Crippen LogP contribution < -0.4 is 10.1 Å². The monoisotopic (exact) mass is 376 g/mol. The van der Waals surface area contributed by atoms with Gasteiger partial charge in [-0.1, -0.05) is 30.3 Å². The molecule has 1 heterocycles. The second kappa shape index (κ2) is 7.64. The summed E-state index contributed by atoms with van der Waals surface area (Å²) in [7, 11) is 1.64. The van der Waals surface area contributed by atoms with Gasteiger partial charge in [-0.15, -0.1) is 0 Å². The molecule has 0 saturated carbocycles. The first kappa shape index (κ1) is 17.9. The molecular formula is C23H18F2N2O. The van der Waals surface area contributed by atoms with Crippen molar-refractivity contribution in [3.63, 3.8) is 0 Å². The quantitative estimate of drug-likeness (QED) is 0.478. The number of anilines is 1. The standard InChI is InChI=1S/C23H18F2N2O/c1-28-18-5-2-4-15(12-18)19-9-7-16(23-20(19)6-3-11-26-23)14-27-22-10-8-17(24)13-21(22)25/h2-13,27H,14H2,1H3. The Bertz CT molecular complexity index is 1140. The van der Waals surface area contributed by atoms with Crippen LogP contribution in [-0.4, -0.2) is 12.1 Å². The van der Waals surface area contributed by atoms with Gasteiger partial charge in [-0.25, -0.2) is 8.78 Å². The molecule has 0 aliphatic rings.